The van der Waals surface area contributed by atoms with Gasteiger partial charge >= 0.3 is 0 Å². The monoisotopic (exact) mass is 419 g/mol. The zero-order valence-electron chi connectivity index (χ0n) is 17.0. The van der Waals surface area contributed by atoms with Crippen LogP contribution < -0.4 is 4.90 Å². The molecule has 29 heavy (non-hydrogen) atoms. The van der Waals surface area contributed by atoms with E-state index >= 15 is 0 Å². The molecule has 3 aliphatic rings. The van der Waals surface area contributed by atoms with Crippen LogP contribution in [0, 0.1) is 0 Å². The average Bonchev–Trinajstić information content (AvgIpc) is 3.13. The third-order valence-corrected chi connectivity index (χ3v) is 8.17. The van der Waals surface area contributed by atoms with Crippen molar-refractivity contribution in [1.82, 2.24) is 9.21 Å². The average molecular weight is 420 g/mol. The number of likely N-dealkylation sites (tertiary alicyclic amines) is 1. The van der Waals surface area contributed by atoms with Gasteiger partial charge in [0.05, 0.1) is 4.90 Å². The molecule has 1 aromatic carbocycles. The predicted molar refractivity (Wildman–Crippen MR) is 110 cm³/mol. The summed E-state index contributed by atoms with van der Waals surface area (Å²) in [5.74, 6) is -0.220. The molecule has 0 saturated carbocycles. The van der Waals surface area contributed by atoms with Gasteiger partial charge in [0, 0.05) is 45.2 Å². The number of nitrogens with zero attached hydrogens (tertiary/aromatic N) is 3. The lowest BCUT2D eigenvalue weighted by atomic mass is 10.1. The maximum atomic E-state index is 13.1. The Hall–Kier alpha value is -1.93. The van der Waals surface area contributed by atoms with Gasteiger partial charge in [-0.15, -0.1) is 0 Å². The zero-order chi connectivity index (χ0) is 20.6. The first-order valence-electron chi connectivity index (χ1n) is 10.6. The number of carbonyl (C=O) groups excluding carboxylic acids is 2. The van der Waals surface area contributed by atoms with Crippen LogP contribution in [0.2, 0.25) is 0 Å². The Morgan fingerprint density at radius 3 is 2.17 bits per heavy atom. The van der Waals surface area contributed by atoms with E-state index in [9.17, 15) is 18.0 Å². The highest BCUT2D eigenvalue weighted by Crippen LogP contribution is 2.36. The van der Waals surface area contributed by atoms with Crippen molar-refractivity contribution in [3.05, 3.63) is 23.8 Å². The predicted octanol–water partition coefficient (Wildman–Crippen LogP) is 2.15. The van der Waals surface area contributed by atoms with Crippen LogP contribution >= 0.6 is 0 Å². The summed E-state index contributed by atoms with van der Waals surface area (Å²) in [6, 6.07) is 4.36. The van der Waals surface area contributed by atoms with Crippen molar-refractivity contribution in [2.24, 2.45) is 0 Å². The number of hydrogen-bond acceptors (Lipinski definition) is 4. The molecule has 0 aromatic heterocycles. The van der Waals surface area contributed by atoms with Crippen molar-refractivity contribution in [3.63, 3.8) is 0 Å². The SMILES string of the molecule is CC(=O)N1c2ccc(S(=O)(=O)N3CCCCC3)cc2CC1C(=O)N1CCCCC1. The molecular formula is C21H29N3O4S. The van der Waals surface area contributed by atoms with Gasteiger partial charge in [-0.05, 0) is 55.9 Å². The first-order chi connectivity index (χ1) is 13.9. The summed E-state index contributed by atoms with van der Waals surface area (Å²) in [5, 5.41) is 0. The van der Waals surface area contributed by atoms with Gasteiger partial charge in [-0.3, -0.25) is 14.5 Å². The zero-order valence-corrected chi connectivity index (χ0v) is 17.8. The number of hydrogen-bond donors (Lipinski definition) is 0. The second-order valence-corrected chi connectivity index (χ2v) is 10.2. The molecular weight excluding hydrogens is 390 g/mol. The molecule has 7 nitrogen and oxygen atoms in total. The lowest BCUT2D eigenvalue weighted by Crippen LogP contribution is -2.50. The largest absolute Gasteiger partial charge is 0.341 e. The van der Waals surface area contributed by atoms with E-state index in [4.69, 9.17) is 0 Å². The Bertz CT molecular complexity index is 903. The molecule has 158 valence electrons. The Morgan fingerprint density at radius 1 is 0.931 bits per heavy atom. The third-order valence-electron chi connectivity index (χ3n) is 6.28. The molecule has 8 heteroatoms. The smallest absolute Gasteiger partial charge is 0.246 e. The van der Waals surface area contributed by atoms with Gasteiger partial charge in [0.15, 0.2) is 0 Å². The van der Waals surface area contributed by atoms with Crippen LogP contribution in [0.5, 0.6) is 0 Å². The molecule has 4 rings (SSSR count). The molecule has 2 saturated heterocycles. The van der Waals surface area contributed by atoms with Gasteiger partial charge < -0.3 is 4.90 Å². The molecule has 0 aliphatic carbocycles. The number of piperidine rings is 2. The van der Waals surface area contributed by atoms with E-state index in [1.807, 2.05) is 4.90 Å². The van der Waals surface area contributed by atoms with Crippen molar-refractivity contribution >= 4 is 27.5 Å². The summed E-state index contributed by atoms with van der Waals surface area (Å²) in [6.45, 7) is 4.02. The minimum absolute atomic E-state index is 0.0310. The first-order valence-corrected chi connectivity index (χ1v) is 12.1. The van der Waals surface area contributed by atoms with Crippen LogP contribution in [-0.4, -0.2) is 61.7 Å². The van der Waals surface area contributed by atoms with Crippen LogP contribution in [0.4, 0.5) is 5.69 Å². The van der Waals surface area contributed by atoms with Crippen LogP contribution in [0.15, 0.2) is 23.1 Å². The second-order valence-electron chi connectivity index (χ2n) is 8.25. The minimum atomic E-state index is -3.54. The number of benzene rings is 1. The van der Waals surface area contributed by atoms with Gasteiger partial charge in [-0.2, -0.15) is 4.31 Å². The molecule has 2 fully saturated rings. The summed E-state index contributed by atoms with van der Waals surface area (Å²) >= 11 is 0. The summed E-state index contributed by atoms with van der Waals surface area (Å²) in [6.07, 6.45) is 6.30. The lowest BCUT2D eigenvalue weighted by molar-refractivity contribution is -0.135. The van der Waals surface area contributed by atoms with Crippen LogP contribution in [0.1, 0.15) is 51.0 Å². The number of anilines is 1. The molecule has 1 atom stereocenters. The van der Waals surface area contributed by atoms with Gasteiger partial charge in [0.1, 0.15) is 6.04 Å². The van der Waals surface area contributed by atoms with Gasteiger partial charge in [-0.1, -0.05) is 6.42 Å². The summed E-state index contributed by atoms with van der Waals surface area (Å²) in [5.41, 5.74) is 1.42. The van der Waals surface area contributed by atoms with Crippen molar-refractivity contribution < 1.29 is 18.0 Å². The molecule has 1 unspecified atom stereocenters. The van der Waals surface area contributed by atoms with Crippen molar-refractivity contribution in [3.8, 4) is 0 Å². The Kier molecular flexibility index (Phi) is 5.66. The van der Waals surface area contributed by atoms with Crippen LogP contribution in [0.3, 0.4) is 0 Å². The lowest BCUT2D eigenvalue weighted by Gasteiger charge is -2.32. The van der Waals surface area contributed by atoms with E-state index in [1.54, 1.807) is 27.4 Å². The molecule has 1 aromatic rings. The van der Waals surface area contributed by atoms with Crippen molar-refractivity contribution in [2.75, 3.05) is 31.1 Å². The van der Waals surface area contributed by atoms with Crippen LogP contribution in [-0.2, 0) is 26.0 Å². The van der Waals surface area contributed by atoms with E-state index < -0.39 is 16.1 Å². The second kappa shape index (κ2) is 8.07. The molecule has 2 amide bonds. The van der Waals surface area contributed by atoms with E-state index in [0.717, 1.165) is 57.2 Å². The fourth-order valence-electron chi connectivity index (χ4n) is 4.75. The van der Waals surface area contributed by atoms with Gasteiger partial charge in [0.2, 0.25) is 21.8 Å². The van der Waals surface area contributed by atoms with Crippen molar-refractivity contribution in [1.29, 1.82) is 0 Å². The summed E-state index contributed by atoms with van der Waals surface area (Å²) in [4.78, 5) is 29.1. The Morgan fingerprint density at radius 2 is 1.55 bits per heavy atom. The maximum absolute atomic E-state index is 13.1. The molecule has 3 heterocycles. The summed E-state index contributed by atoms with van der Waals surface area (Å²) in [7, 11) is -3.54. The number of rotatable bonds is 3. The quantitative estimate of drug-likeness (QED) is 0.752. The first kappa shape index (κ1) is 20.3. The fraction of sp³-hybridized carbons (Fsp3) is 0.619. The van der Waals surface area contributed by atoms with Gasteiger partial charge in [-0.25, -0.2) is 8.42 Å². The molecule has 0 radical (unpaired) electrons. The topological polar surface area (TPSA) is 78.0 Å². The number of amides is 2. The number of fused-ring (bicyclic) bond motifs is 1. The van der Waals surface area contributed by atoms with E-state index in [2.05, 4.69) is 0 Å². The molecule has 3 aliphatic heterocycles. The van der Waals surface area contributed by atoms with E-state index in [-0.39, 0.29) is 16.7 Å². The van der Waals surface area contributed by atoms with Crippen LogP contribution in [0.25, 0.3) is 0 Å². The van der Waals surface area contributed by atoms with Gasteiger partial charge in [0.25, 0.3) is 0 Å². The third kappa shape index (κ3) is 3.80. The highest BCUT2D eigenvalue weighted by molar-refractivity contribution is 7.89. The maximum Gasteiger partial charge on any atom is 0.246 e. The number of sulfonamides is 1. The standard InChI is InChI=1S/C21H29N3O4S/c1-16(25)24-19-9-8-18(29(27,28)23-12-6-3-7-13-23)14-17(19)15-20(24)21(26)22-10-4-2-5-11-22/h8-9,14,20H,2-7,10-13,15H2,1H3. The minimum Gasteiger partial charge on any atom is -0.341 e. The molecule has 0 bridgehead atoms. The highest BCUT2D eigenvalue weighted by Gasteiger charge is 2.40. The normalized spacial score (nSPS) is 23.1. The Labute approximate surface area is 172 Å². The number of carbonyl (C=O) groups is 2. The Balaban J connectivity index is 1.62. The van der Waals surface area contributed by atoms with E-state index in [0.29, 0.717) is 25.2 Å². The summed E-state index contributed by atoms with van der Waals surface area (Å²) < 4.78 is 27.6. The molecule has 0 spiro atoms. The van der Waals surface area contributed by atoms with Crippen molar-refractivity contribution in [2.45, 2.75) is 62.8 Å². The highest BCUT2D eigenvalue weighted by atomic mass is 32.2. The van der Waals surface area contributed by atoms with E-state index in [1.165, 1.54) is 6.92 Å². The fourth-order valence-corrected chi connectivity index (χ4v) is 6.32. The molecule has 0 N–H and O–H groups in total.